The molecule has 0 saturated carbocycles. The van der Waals surface area contributed by atoms with Gasteiger partial charge in [0.15, 0.2) is 0 Å². The molecule has 0 bridgehead atoms. The van der Waals surface area contributed by atoms with Gasteiger partial charge in [0.25, 0.3) is 10.0 Å². The van der Waals surface area contributed by atoms with Gasteiger partial charge in [-0.25, -0.2) is 13.2 Å². The van der Waals surface area contributed by atoms with Crippen LogP contribution in [0, 0.1) is 0 Å². The number of nitrogens with one attached hydrogen (secondary N) is 1. The minimum Gasteiger partial charge on any atom is -0.465 e. The van der Waals surface area contributed by atoms with Crippen LogP contribution in [-0.2, 0) is 14.8 Å². The summed E-state index contributed by atoms with van der Waals surface area (Å²) in [5.41, 5.74) is 0.398. The van der Waals surface area contributed by atoms with Crippen LogP contribution in [0.4, 0.5) is 5.69 Å². The van der Waals surface area contributed by atoms with Gasteiger partial charge in [-0.05, 0) is 39.5 Å². The largest absolute Gasteiger partial charge is 0.465 e. The summed E-state index contributed by atoms with van der Waals surface area (Å²) in [6, 6.07) is 8.18. The maximum Gasteiger partial charge on any atom is 0.349 e. The van der Waals surface area contributed by atoms with Crippen LogP contribution in [0.1, 0.15) is 9.67 Å². The van der Waals surface area contributed by atoms with E-state index in [1.807, 2.05) is 0 Å². The van der Waals surface area contributed by atoms with Gasteiger partial charge >= 0.3 is 5.97 Å². The molecule has 0 spiro atoms. The van der Waals surface area contributed by atoms with Gasteiger partial charge in [0.05, 0.1) is 12.8 Å². The molecule has 0 radical (unpaired) electrons. The molecular weight excluding hydrogens is 366 g/mol. The lowest BCUT2D eigenvalue weighted by Crippen LogP contribution is -2.16. The van der Waals surface area contributed by atoms with Gasteiger partial charge in [-0.15, -0.1) is 11.3 Å². The first-order valence-electron chi connectivity index (χ1n) is 5.39. The molecule has 2 aromatic rings. The van der Waals surface area contributed by atoms with E-state index in [0.717, 1.165) is 11.3 Å². The number of hydrogen-bond acceptors (Lipinski definition) is 5. The Morgan fingerprint density at radius 2 is 2.00 bits per heavy atom. The monoisotopic (exact) mass is 375 g/mol. The van der Waals surface area contributed by atoms with E-state index in [-0.39, 0.29) is 9.77 Å². The van der Waals surface area contributed by atoms with E-state index < -0.39 is 16.0 Å². The number of carbonyl (C=O) groups excluding carboxylic acids is 1. The topological polar surface area (TPSA) is 72.5 Å². The lowest BCUT2D eigenvalue weighted by atomic mass is 10.3. The van der Waals surface area contributed by atoms with Crippen LogP contribution in [0.15, 0.2) is 45.1 Å². The van der Waals surface area contributed by atoms with Crippen molar-refractivity contribution in [3.63, 3.8) is 0 Å². The molecule has 1 N–H and O–H groups in total. The Balaban J connectivity index is 2.40. The molecule has 5 nitrogen and oxygen atoms in total. The highest BCUT2D eigenvalue weighted by Crippen LogP contribution is 2.28. The van der Waals surface area contributed by atoms with Crippen LogP contribution in [0.25, 0.3) is 0 Å². The highest BCUT2D eigenvalue weighted by molar-refractivity contribution is 9.10. The highest BCUT2D eigenvalue weighted by Gasteiger charge is 2.25. The van der Waals surface area contributed by atoms with Crippen LogP contribution in [0.3, 0.4) is 0 Å². The Bertz CT molecular complexity index is 739. The molecule has 20 heavy (non-hydrogen) atoms. The van der Waals surface area contributed by atoms with Gasteiger partial charge < -0.3 is 4.74 Å². The molecule has 0 aliphatic rings. The fourth-order valence-corrected chi connectivity index (χ4v) is 4.43. The second-order valence-electron chi connectivity index (χ2n) is 3.69. The van der Waals surface area contributed by atoms with Crippen molar-refractivity contribution in [3.8, 4) is 0 Å². The van der Waals surface area contributed by atoms with Gasteiger partial charge in [0.2, 0.25) is 0 Å². The van der Waals surface area contributed by atoms with Crippen molar-refractivity contribution in [2.24, 2.45) is 0 Å². The number of hydrogen-bond donors (Lipinski definition) is 1. The second-order valence-corrected chi connectivity index (χ2v) is 7.11. The molecule has 0 aliphatic heterocycles. The molecule has 1 heterocycles. The van der Waals surface area contributed by atoms with E-state index in [4.69, 9.17) is 0 Å². The van der Waals surface area contributed by atoms with Gasteiger partial charge in [-0.3, -0.25) is 4.72 Å². The molecule has 0 amide bonds. The summed E-state index contributed by atoms with van der Waals surface area (Å²) in [5.74, 6) is -0.674. The molecule has 1 aromatic carbocycles. The van der Waals surface area contributed by atoms with Crippen LogP contribution >= 0.6 is 27.3 Å². The smallest absolute Gasteiger partial charge is 0.349 e. The molecule has 106 valence electrons. The summed E-state index contributed by atoms with van der Waals surface area (Å²) in [5, 5.41) is 1.53. The van der Waals surface area contributed by atoms with Crippen LogP contribution < -0.4 is 4.72 Å². The highest BCUT2D eigenvalue weighted by atomic mass is 79.9. The van der Waals surface area contributed by atoms with Gasteiger partial charge in [0, 0.05) is 4.47 Å². The number of methoxy groups -OCH3 is 1. The van der Waals surface area contributed by atoms with Crippen molar-refractivity contribution < 1.29 is 17.9 Å². The normalized spacial score (nSPS) is 11.1. The van der Waals surface area contributed by atoms with Gasteiger partial charge in [-0.2, -0.15) is 0 Å². The third-order valence-electron chi connectivity index (χ3n) is 2.41. The Morgan fingerprint density at radius 3 is 2.65 bits per heavy atom. The summed E-state index contributed by atoms with van der Waals surface area (Å²) in [6.45, 7) is 0. The molecule has 0 atom stereocenters. The number of anilines is 1. The maximum absolute atomic E-state index is 12.3. The number of sulfonamides is 1. The van der Waals surface area contributed by atoms with Crippen molar-refractivity contribution in [2.75, 3.05) is 11.8 Å². The number of rotatable bonds is 4. The predicted molar refractivity (Wildman–Crippen MR) is 80.6 cm³/mol. The summed E-state index contributed by atoms with van der Waals surface area (Å²) >= 11 is 4.28. The van der Waals surface area contributed by atoms with Crippen molar-refractivity contribution in [2.45, 2.75) is 4.90 Å². The van der Waals surface area contributed by atoms with Crippen LogP contribution in [-0.4, -0.2) is 21.5 Å². The number of benzene rings is 1. The molecule has 0 fully saturated rings. The van der Waals surface area contributed by atoms with Crippen LogP contribution in [0.5, 0.6) is 0 Å². The third kappa shape index (κ3) is 3.02. The second kappa shape index (κ2) is 5.94. The van der Waals surface area contributed by atoms with E-state index >= 15 is 0 Å². The van der Waals surface area contributed by atoms with Crippen molar-refractivity contribution in [1.82, 2.24) is 0 Å². The minimum absolute atomic E-state index is 0.0482. The van der Waals surface area contributed by atoms with E-state index in [1.165, 1.54) is 18.6 Å². The van der Waals surface area contributed by atoms with Crippen molar-refractivity contribution >= 4 is 48.9 Å². The third-order valence-corrected chi connectivity index (χ3v) is 5.53. The van der Waals surface area contributed by atoms with E-state index in [0.29, 0.717) is 10.2 Å². The number of para-hydroxylation sites is 1. The Hall–Kier alpha value is -1.38. The molecule has 0 saturated heterocycles. The Kier molecular flexibility index (Phi) is 4.46. The van der Waals surface area contributed by atoms with Gasteiger partial charge in [0.1, 0.15) is 9.77 Å². The number of halogens is 1. The average molecular weight is 376 g/mol. The van der Waals surface area contributed by atoms with E-state index in [2.05, 4.69) is 25.4 Å². The van der Waals surface area contributed by atoms with Crippen LogP contribution in [0.2, 0.25) is 0 Å². The van der Waals surface area contributed by atoms with Crippen molar-refractivity contribution in [1.29, 1.82) is 0 Å². The SMILES string of the molecule is COC(=O)c1sccc1S(=O)(=O)Nc1ccccc1Br. The Morgan fingerprint density at radius 1 is 1.30 bits per heavy atom. The number of carbonyl (C=O) groups is 1. The Labute approximate surface area is 128 Å². The summed E-state index contributed by atoms with van der Waals surface area (Å²) in [4.78, 5) is 11.5. The predicted octanol–water partition coefficient (Wildman–Crippen LogP) is 3.10. The zero-order valence-corrected chi connectivity index (χ0v) is 13.5. The first kappa shape index (κ1) is 15.0. The number of ether oxygens (including phenoxy) is 1. The molecule has 1 aromatic heterocycles. The molecule has 8 heteroatoms. The average Bonchev–Trinajstić information content (AvgIpc) is 2.90. The first-order chi connectivity index (χ1) is 9.45. The standard InChI is InChI=1S/C12H10BrNO4S2/c1-18-12(15)11-10(6-7-19-11)20(16,17)14-9-5-3-2-4-8(9)13/h2-7,14H,1H3. The lowest BCUT2D eigenvalue weighted by molar-refractivity contribution is 0.0602. The molecule has 2 rings (SSSR count). The quantitative estimate of drug-likeness (QED) is 0.833. The maximum atomic E-state index is 12.3. The summed E-state index contributed by atoms with van der Waals surface area (Å²) in [7, 11) is -2.64. The van der Waals surface area contributed by atoms with E-state index in [1.54, 1.807) is 24.3 Å². The molecular formula is C12H10BrNO4S2. The lowest BCUT2D eigenvalue weighted by Gasteiger charge is -2.09. The van der Waals surface area contributed by atoms with Crippen molar-refractivity contribution in [3.05, 3.63) is 45.1 Å². The van der Waals surface area contributed by atoms with E-state index in [9.17, 15) is 13.2 Å². The summed E-state index contributed by atoms with van der Waals surface area (Å²) in [6.07, 6.45) is 0. The summed E-state index contributed by atoms with van der Waals surface area (Å²) < 4.78 is 32.3. The fraction of sp³-hybridized carbons (Fsp3) is 0.0833. The minimum atomic E-state index is -3.85. The van der Waals surface area contributed by atoms with Gasteiger partial charge in [-0.1, -0.05) is 12.1 Å². The fourth-order valence-electron chi connectivity index (χ4n) is 1.49. The zero-order chi connectivity index (χ0) is 14.8. The molecule has 0 unspecified atom stereocenters. The zero-order valence-electron chi connectivity index (χ0n) is 10.3. The number of esters is 1. The molecule has 0 aliphatic carbocycles. The number of thiophene rings is 1. The first-order valence-corrected chi connectivity index (χ1v) is 8.54.